The van der Waals surface area contributed by atoms with Crippen LogP contribution in [-0.2, 0) is 17.8 Å². The summed E-state index contributed by atoms with van der Waals surface area (Å²) in [6.07, 6.45) is 3.82. The van der Waals surface area contributed by atoms with Crippen molar-refractivity contribution in [3.05, 3.63) is 46.5 Å². The summed E-state index contributed by atoms with van der Waals surface area (Å²) >= 11 is 1.65. The first kappa shape index (κ1) is 16.1. The van der Waals surface area contributed by atoms with Crippen LogP contribution in [0.3, 0.4) is 0 Å². The van der Waals surface area contributed by atoms with Crippen molar-refractivity contribution in [2.24, 2.45) is 0 Å². The fraction of sp³-hybridized carbons (Fsp3) is 0.471. The van der Waals surface area contributed by atoms with E-state index in [0.717, 1.165) is 30.1 Å². The molecular formula is C17H22N2O3S. The zero-order valence-electron chi connectivity index (χ0n) is 13.2. The molecule has 1 aliphatic rings. The van der Waals surface area contributed by atoms with E-state index in [4.69, 9.17) is 9.15 Å². The lowest BCUT2D eigenvalue weighted by Gasteiger charge is -2.26. The van der Waals surface area contributed by atoms with Gasteiger partial charge in [0.15, 0.2) is 0 Å². The second kappa shape index (κ2) is 7.66. The zero-order chi connectivity index (χ0) is 16.1. The molecule has 1 aliphatic heterocycles. The molecule has 23 heavy (non-hydrogen) atoms. The standard InChI is InChI=1S/C17H22N2O3S/c1-13(16-7-3-9-22-16)18-17(20)19(11-14-5-2-8-21-14)12-15-6-4-10-23-15/h2,4-6,8,10,13,16H,3,7,9,11-12H2,1H3,(H,18,20)/t13-,16-/m0/s1. The van der Waals surface area contributed by atoms with E-state index >= 15 is 0 Å². The van der Waals surface area contributed by atoms with Gasteiger partial charge < -0.3 is 19.4 Å². The van der Waals surface area contributed by atoms with Gasteiger partial charge in [-0.05, 0) is 43.3 Å². The van der Waals surface area contributed by atoms with E-state index in [1.165, 1.54) is 0 Å². The fourth-order valence-corrected chi connectivity index (χ4v) is 3.48. The molecule has 1 saturated heterocycles. The quantitative estimate of drug-likeness (QED) is 0.878. The summed E-state index contributed by atoms with van der Waals surface area (Å²) in [5.41, 5.74) is 0. The highest BCUT2D eigenvalue weighted by atomic mass is 32.1. The van der Waals surface area contributed by atoms with E-state index in [2.05, 4.69) is 5.32 Å². The second-order valence-corrected chi connectivity index (χ2v) is 6.84. The Kier molecular flexibility index (Phi) is 5.35. The van der Waals surface area contributed by atoms with Crippen LogP contribution < -0.4 is 5.32 Å². The predicted molar refractivity (Wildman–Crippen MR) is 89.2 cm³/mol. The van der Waals surface area contributed by atoms with E-state index in [0.29, 0.717) is 13.1 Å². The molecule has 2 aromatic rings. The third-order valence-electron chi connectivity index (χ3n) is 4.01. The van der Waals surface area contributed by atoms with Crippen LogP contribution in [0.1, 0.15) is 30.4 Å². The maximum absolute atomic E-state index is 12.7. The van der Waals surface area contributed by atoms with Crippen molar-refractivity contribution in [2.75, 3.05) is 6.61 Å². The molecule has 0 saturated carbocycles. The smallest absolute Gasteiger partial charge is 0.318 e. The molecule has 0 aliphatic carbocycles. The number of hydrogen-bond donors (Lipinski definition) is 1. The van der Waals surface area contributed by atoms with E-state index in [-0.39, 0.29) is 18.2 Å². The summed E-state index contributed by atoms with van der Waals surface area (Å²) in [6.45, 7) is 3.82. The summed E-state index contributed by atoms with van der Waals surface area (Å²) in [5.74, 6) is 0.779. The molecule has 0 unspecified atom stereocenters. The average molecular weight is 334 g/mol. The van der Waals surface area contributed by atoms with Gasteiger partial charge in [0, 0.05) is 11.5 Å². The van der Waals surface area contributed by atoms with Crippen molar-refractivity contribution in [1.82, 2.24) is 10.2 Å². The number of ether oxygens (including phenoxy) is 1. The van der Waals surface area contributed by atoms with Crippen molar-refractivity contribution in [3.63, 3.8) is 0 Å². The first-order valence-corrected chi connectivity index (χ1v) is 8.82. The summed E-state index contributed by atoms with van der Waals surface area (Å²) in [4.78, 5) is 15.6. The topological polar surface area (TPSA) is 54.7 Å². The minimum absolute atomic E-state index is 0.00689. The molecule has 1 N–H and O–H groups in total. The number of rotatable bonds is 6. The van der Waals surface area contributed by atoms with Crippen LogP contribution in [0.5, 0.6) is 0 Å². The van der Waals surface area contributed by atoms with Crippen LogP contribution in [0.25, 0.3) is 0 Å². The van der Waals surface area contributed by atoms with Crippen LogP contribution in [0.2, 0.25) is 0 Å². The van der Waals surface area contributed by atoms with Gasteiger partial charge in [-0.3, -0.25) is 0 Å². The van der Waals surface area contributed by atoms with Crippen molar-refractivity contribution in [3.8, 4) is 0 Å². The number of carbonyl (C=O) groups is 1. The first-order chi connectivity index (χ1) is 11.2. The van der Waals surface area contributed by atoms with Crippen LogP contribution in [0, 0.1) is 0 Å². The molecule has 2 atom stereocenters. The molecule has 0 bridgehead atoms. The molecule has 1 fully saturated rings. The lowest BCUT2D eigenvalue weighted by molar-refractivity contribution is 0.0826. The minimum atomic E-state index is -0.0854. The lowest BCUT2D eigenvalue weighted by atomic mass is 10.1. The number of hydrogen-bond acceptors (Lipinski definition) is 4. The lowest BCUT2D eigenvalue weighted by Crippen LogP contribution is -2.47. The van der Waals surface area contributed by atoms with E-state index in [1.54, 1.807) is 22.5 Å². The van der Waals surface area contributed by atoms with Crippen molar-refractivity contribution >= 4 is 17.4 Å². The van der Waals surface area contributed by atoms with Gasteiger partial charge in [-0.1, -0.05) is 6.07 Å². The number of amides is 2. The highest BCUT2D eigenvalue weighted by Crippen LogP contribution is 2.18. The average Bonchev–Trinajstić information content (AvgIpc) is 3.30. The maximum atomic E-state index is 12.7. The monoisotopic (exact) mass is 334 g/mol. The molecule has 0 aromatic carbocycles. The molecule has 3 rings (SSSR count). The largest absolute Gasteiger partial charge is 0.467 e. The minimum Gasteiger partial charge on any atom is -0.467 e. The molecule has 2 aromatic heterocycles. The van der Waals surface area contributed by atoms with Gasteiger partial charge in [-0.2, -0.15) is 0 Å². The number of nitrogens with zero attached hydrogens (tertiary/aromatic N) is 1. The van der Waals surface area contributed by atoms with Crippen LogP contribution >= 0.6 is 11.3 Å². The molecule has 5 nitrogen and oxygen atoms in total. The van der Waals surface area contributed by atoms with Gasteiger partial charge >= 0.3 is 6.03 Å². The van der Waals surface area contributed by atoms with Gasteiger partial charge in [0.25, 0.3) is 0 Å². The molecule has 2 amide bonds. The predicted octanol–water partition coefficient (Wildman–Crippen LogP) is 3.62. The Bertz CT molecular complexity index is 555. The Labute approximate surface area is 140 Å². The van der Waals surface area contributed by atoms with Crippen molar-refractivity contribution in [1.29, 1.82) is 0 Å². The molecule has 0 spiro atoms. The summed E-state index contributed by atoms with van der Waals surface area (Å²) in [7, 11) is 0. The molecule has 124 valence electrons. The fourth-order valence-electron chi connectivity index (χ4n) is 2.76. The molecular weight excluding hydrogens is 312 g/mol. The summed E-state index contributed by atoms with van der Waals surface area (Å²) < 4.78 is 11.1. The van der Waals surface area contributed by atoms with Gasteiger partial charge in [-0.25, -0.2) is 4.79 Å². The first-order valence-electron chi connectivity index (χ1n) is 7.94. The van der Waals surface area contributed by atoms with Crippen LogP contribution in [0.15, 0.2) is 40.3 Å². The van der Waals surface area contributed by atoms with Gasteiger partial charge in [-0.15, -0.1) is 11.3 Å². The Hall–Kier alpha value is -1.79. The Morgan fingerprint density at radius 2 is 2.35 bits per heavy atom. The Morgan fingerprint density at radius 3 is 3.00 bits per heavy atom. The normalized spacial score (nSPS) is 18.7. The summed E-state index contributed by atoms with van der Waals surface area (Å²) in [5, 5.41) is 5.09. The highest BCUT2D eigenvalue weighted by Gasteiger charge is 2.26. The van der Waals surface area contributed by atoms with Crippen molar-refractivity contribution < 1.29 is 13.9 Å². The molecule has 6 heteroatoms. The van der Waals surface area contributed by atoms with Crippen molar-refractivity contribution in [2.45, 2.75) is 45.0 Å². The van der Waals surface area contributed by atoms with Gasteiger partial charge in [0.2, 0.25) is 0 Å². The second-order valence-electron chi connectivity index (χ2n) is 5.80. The summed E-state index contributed by atoms with van der Waals surface area (Å²) in [6, 6.07) is 7.68. The number of furan rings is 1. The van der Waals surface area contributed by atoms with Gasteiger partial charge in [0.05, 0.1) is 31.5 Å². The Balaban J connectivity index is 1.64. The number of nitrogens with one attached hydrogen (secondary N) is 1. The number of urea groups is 1. The number of thiophene rings is 1. The van der Waals surface area contributed by atoms with E-state index in [9.17, 15) is 4.79 Å². The highest BCUT2D eigenvalue weighted by molar-refractivity contribution is 7.09. The van der Waals surface area contributed by atoms with E-state index in [1.807, 2.05) is 36.6 Å². The molecule has 0 radical (unpaired) electrons. The molecule has 3 heterocycles. The van der Waals surface area contributed by atoms with Gasteiger partial charge in [0.1, 0.15) is 5.76 Å². The van der Waals surface area contributed by atoms with E-state index < -0.39 is 0 Å². The SMILES string of the molecule is C[C@H](NC(=O)N(Cc1ccco1)Cc1cccs1)[C@@H]1CCCO1. The third kappa shape index (κ3) is 4.36. The van der Waals surface area contributed by atoms with Crippen LogP contribution in [-0.4, -0.2) is 29.7 Å². The number of carbonyl (C=O) groups excluding carboxylic acids is 1. The van der Waals surface area contributed by atoms with Crippen LogP contribution in [0.4, 0.5) is 4.79 Å². The zero-order valence-corrected chi connectivity index (χ0v) is 14.1. The maximum Gasteiger partial charge on any atom is 0.318 e. The third-order valence-corrected chi connectivity index (χ3v) is 4.88. The Morgan fingerprint density at radius 1 is 1.43 bits per heavy atom.